The molecule has 0 atom stereocenters. The van der Waals surface area contributed by atoms with Crippen LogP contribution in [0.5, 0.6) is 0 Å². The summed E-state index contributed by atoms with van der Waals surface area (Å²) in [6.45, 7) is 1.28. The molecule has 2 amide bonds. The highest BCUT2D eigenvalue weighted by Crippen LogP contribution is 2.28. The second-order valence-electron chi connectivity index (χ2n) is 9.47. The zero-order valence-corrected chi connectivity index (χ0v) is 21.7. The van der Waals surface area contributed by atoms with E-state index in [0.717, 1.165) is 29.8 Å². The number of aromatic nitrogens is 4. The number of benzene rings is 2. The van der Waals surface area contributed by atoms with E-state index in [2.05, 4.69) is 15.3 Å². The molecule has 1 aliphatic rings. The third kappa shape index (κ3) is 6.13. The van der Waals surface area contributed by atoms with E-state index in [0.29, 0.717) is 18.8 Å². The van der Waals surface area contributed by atoms with Gasteiger partial charge in [-0.1, -0.05) is 6.07 Å². The van der Waals surface area contributed by atoms with Gasteiger partial charge in [0.05, 0.1) is 18.3 Å². The lowest BCUT2D eigenvalue weighted by Crippen LogP contribution is -2.41. The van der Waals surface area contributed by atoms with Gasteiger partial charge in [-0.2, -0.15) is 13.9 Å². The summed E-state index contributed by atoms with van der Waals surface area (Å²) >= 11 is 0. The Hall–Kier alpha value is -3.93. The number of amides is 2. The summed E-state index contributed by atoms with van der Waals surface area (Å²) in [5, 5.41) is 12.0. The molecule has 0 spiro atoms. The molecule has 1 saturated heterocycles. The number of likely N-dealkylation sites (tertiary alicyclic amines) is 1. The molecule has 3 heterocycles. The van der Waals surface area contributed by atoms with Crippen molar-refractivity contribution in [2.45, 2.75) is 25.8 Å². The van der Waals surface area contributed by atoms with Gasteiger partial charge in [-0.3, -0.25) is 9.58 Å². The second kappa shape index (κ2) is 11.6. The summed E-state index contributed by atoms with van der Waals surface area (Å²) in [6.07, 6.45) is 0.677. The number of aryl methyl sites for hydroxylation is 1. The molecule has 0 unspecified atom stereocenters. The number of halogens is 3. The minimum Gasteiger partial charge on any atom is -0.415 e. The second-order valence-corrected chi connectivity index (χ2v) is 9.47. The topological polar surface area (TPSA) is 83.5 Å². The lowest BCUT2D eigenvalue weighted by atomic mass is 10.1. The summed E-state index contributed by atoms with van der Waals surface area (Å²) in [6, 6.07) is 9.47. The molecule has 202 valence electrons. The molecular formula is C26H30F3N7O2. The first-order chi connectivity index (χ1) is 18.1. The van der Waals surface area contributed by atoms with Crippen molar-refractivity contribution in [1.82, 2.24) is 29.8 Å². The Morgan fingerprint density at radius 1 is 1.08 bits per heavy atom. The Morgan fingerprint density at radius 3 is 2.42 bits per heavy atom. The van der Waals surface area contributed by atoms with Crippen LogP contribution in [0.4, 0.5) is 23.7 Å². The first-order valence-corrected chi connectivity index (χ1v) is 12.1. The van der Waals surface area contributed by atoms with Gasteiger partial charge in [0.25, 0.3) is 5.89 Å². The van der Waals surface area contributed by atoms with E-state index in [1.807, 2.05) is 51.3 Å². The molecule has 5 rings (SSSR count). The lowest BCUT2D eigenvalue weighted by molar-refractivity contribution is 0.116. The minimum atomic E-state index is -2.91. The Labute approximate surface area is 218 Å². The Bertz CT molecular complexity index is 1390. The molecule has 12 heteroatoms. The number of hydrogen-bond donors (Lipinski definition) is 0. The molecule has 0 bridgehead atoms. The fourth-order valence-corrected chi connectivity index (χ4v) is 4.07. The molecule has 2 aromatic carbocycles. The van der Waals surface area contributed by atoms with E-state index in [-0.39, 0.29) is 29.6 Å². The van der Waals surface area contributed by atoms with Crippen molar-refractivity contribution in [3.05, 3.63) is 59.9 Å². The molecule has 0 N–H and O–H groups in total. The number of carbonyl (C=O) groups is 1. The average molecular weight is 530 g/mol. The van der Waals surface area contributed by atoms with Gasteiger partial charge in [-0.15, -0.1) is 10.2 Å². The van der Waals surface area contributed by atoms with Gasteiger partial charge in [0, 0.05) is 42.3 Å². The highest BCUT2D eigenvalue weighted by molar-refractivity contribution is 5.94. The minimum absolute atomic E-state index is 0.0169. The molecule has 2 aromatic heterocycles. The van der Waals surface area contributed by atoms with Gasteiger partial charge in [0.15, 0.2) is 0 Å². The molecular weight excluding hydrogens is 499 g/mol. The lowest BCUT2D eigenvalue weighted by Gasteiger charge is -2.28. The Morgan fingerprint density at radius 2 is 1.79 bits per heavy atom. The Kier molecular flexibility index (Phi) is 8.30. The summed E-state index contributed by atoms with van der Waals surface area (Å²) in [7, 11) is 7.81. The fourth-order valence-electron chi connectivity index (χ4n) is 4.07. The first-order valence-electron chi connectivity index (χ1n) is 12.1. The van der Waals surface area contributed by atoms with Gasteiger partial charge in [-0.05, 0) is 64.3 Å². The fraction of sp³-hybridized carbons (Fsp3) is 0.385. The van der Waals surface area contributed by atoms with Crippen LogP contribution in [-0.2, 0) is 13.6 Å². The van der Waals surface area contributed by atoms with Crippen molar-refractivity contribution < 1.29 is 22.4 Å². The maximum atomic E-state index is 15.1. The van der Waals surface area contributed by atoms with E-state index >= 15 is 4.39 Å². The van der Waals surface area contributed by atoms with Crippen LogP contribution in [0.2, 0.25) is 0 Å². The highest BCUT2D eigenvalue weighted by atomic mass is 19.3. The molecule has 0 aliphatic carbocycles. The third-order valence-corrected chi connectivity index (χ3v) is 5.91. The molecule has 1 fully saturated rings. The van der Waals surface area contributed by atoms with Crippen LogP contribution < -0.4 is 4.90 Å². The number of fused-ring (bicyclic) bond motifs is 1. The van der Waals surface area contributed by atoms with Crippen molar-refractivity contribution >= 4 is 22.6 Å². The molecule has 4 aromatic rings. The largest absolute Gasteiger partial charge is 0.415 e. The monoisotopic (exact) mass is 529 g/mol. The van der Waals surface area contributed by atoms with Crippen molar-refractivity contribution in [3.63, 3.8) is 0 Å². The summed E-state index contributed by atoms with van der Waals surface area (Å²) in [5.41, 5.74) is 1.90. The smallest absolute Gasteiger partial charge is 0.324 e. The van der Waals surface area contributed by atoms with E-state index in [1.54, 1.807) is 15.8 Å². The third-order valence-electron chi connectivity index (χ3n) is 5.91. The van der Waals surface area contributed by atoms with Crippen molar-refractivity contribution in [1.29, 1.82) is 0 Å². The molecule has 0 saturated carbocycles. The zero-order valence-electron chi connectivity index (χ0n) is 21.7. The van der Waals surface area contributed by atoms with E-state index in [4.69, 9.17) is 4.42 Å². The molecule has 9 nitrogen and oxygen atoms in total. The number of nitrogens with zero attached hydrogens (tertiary/aromatic N) is 7. The van der Waals surface area contributed by atoms with Crippen molar-refractivity contribution in [2.24, 2.45) is 7.05 Å². The summed E-state index contributed by atoms with van der Waals surface area (Å²) in [4.78, 5) is 18.7. The molecule has 1 aliphatic heterocycles. The van der Waals surface area contributed by atoms with E-state index < -0.39 is 18.1 Å². The maximum absolute atomic E-state index is 15.1. The standard InChI is InChI=1S/C23H21F3N6O2.C3H9N/c1-30-19-11-17(7-6-15(19)12-27-30)32(23(33)31-8-2-3-9-31)13-16-5-4-14(10-18(16)24)21-28-29-22(34-21)20(25)26;1-4(2)3/h4-7,10-12,20H,2-3,8-9,13H2,1H3;1-3H3. The van der Waals surface area contributed by atoms with Crippen LogP contribution in [0.25, 0.3) is 22.4 Å². The predicted molar refractivity (Wildman–Crippen MR) is 137 cm³/mol. The number of hydrogen-bond acceptors (Lipinski definition) is 6. The summed E-state index contributed by atoms with van der Waals surface area (Å²) in [5.74, 6) is -1.64. The van der Waals surface area contributed by atoms with Crippen molar-refractivity contribution in [2.75, 3.05) is 39.1 Å². The molecule has 38 heavy (non-hydrogen) atoms. The average Bonchev–Trinajstić information content (AvgIpc) is 3.64. The van der Waals surface area contributed by atoms with Crippen LogP contribution in [-0.4, -0.2) is 70.0 Å². The van der Waals surface area contributed by atoms with Gasteiger partial charge < -0.3 is 14.2 Å². The number of carbonyl (C=O) groups excluding carboxylic acids is 1. The number of alkyl halides is 2. The SMILES string of the molecule is CN(C)C.Cn1ncc2ccc(N(Cc3ccc(-c4nnc(C(F)F)o4)cc3F)C(=O)N3CCCC3)cc21. The number of rotatable bonds is 5. The Balaban J connectivity index is 0.000000786. The maximum Gasteiger partial charge on any atom is 0.324 e. The normalized spacial score (nSPS) is 13.3. The number of anilines is 1. The first kappa shape index (κ1) is 27.1. The van der Waals surface area contributed by atoms with Crippen molar-refractivity contribution in [3.8, 4) is 11.5 Å². The summed E-state index contributed by atoms with van der Waals surface area (Å²) < 4.78 is 47.2. The highest BCUT2D eigenvalue weighted by Gasteiger charge is 2.26. The molecule has 0 radical (unpaired) electrons. The zero-order chi connectivity index (χ0) is 27.4. The predicted octanol–water partition coefficient (Wildman–Crippen LogP) is 5.10. The number of urea groups is 1. The van der Waals surface area contributed by atoms with E-state index in [1.165, 1.54) is 17.0 Å². The van der Waals surface area contributed by atoms with Crippen LogP contribution in [0.15, 0.2) is 47.0 Å². The van der Waals surface area contributed by atoms with Gasteiger partial charge in [0.2, 0.25) is 5.89 Å². The quantitative estimate of drug-likeness (QED) is 0.358. The van der Waals surface area contributed by atoms with E-state index in [9.17, 15) is 13.6 Å². The van der Waals surface area contributed by atoms with Gasteiger partial charge >= 0.3 is 12.5 Å². The van der Waals surface area contributed by atoms with Crippen LogP contribution >= 0.6 is 0 Å². The van der Waals surface area contributed by atoms with Gasteiger partial charge in [0.1, 0.15) is 5.82 Å². The van der Waals surface area contributed by atoms with Gasteiger partial charge in [-0.25, -0.2) is 9.18 Å². The van der Waals surface area contributed by atoms with Crippen LogP contribution in [0.3, 0.4) is 0 Å². The van der Waals surface area contributed by atoms with Crippen LogP contribution in [0, 0.1) is 5.82 Å². The van der Waals surface area contributed by atoms with Crippen LogP contribution in [0.1, 0.15) is 30.7 Å².